The number of carbonyl (C=O) groups is 1. The zero-order chi connectivity index (χ0) is 13.7. The molecule has 1 heterocycles. The number of benzene rings is 1. The van der Waals surface area contributed by atoms with Gasteiger partial charge in [-0.3, -0.25) is 4.79 Å². The van der Waals surface area contributed by atoms with Crippen molar-refractivity contribution in [1.29, 1.82) is 0 Å². The minimum Gasteiger partial charge on any atom is -0.468 e. The first-order valence-corrected chi connectivity index (χ1v) is 6.76. The SMILES string of the molecule is CCC(Sc1nnc(-c2ccccc2)o1)C(=O)OC. The van der Waals surface area contributed by atoms with E-state index in [1.807, 2.05) is 37.3 Å². The molecule has 0 radical (unpaired) electrons. The summed E-state index contributed by atoms with van der Waals surface area (Å²) in [6.07, 6.45) is 0.639. The van der Waals surface area contributed by atoms with E-state index in [1.165, 1.54) is 18.9 Å². The van der Waals surface area contributed by atoms with Gasteiger partial charge in [0.25, 0.3) is 5.22 Å². The van der Waals surface area contributed by atoms with Crippen LogP contribution in [-0.2, 0) is 9.53 Å². The van der Waals surface area contributed by atoms with E-state index in [1.54, 1.807) is 0 Å². The average molecular weight is 278 g/mol. The second-order valence-corrected chi connectivity index (χ2v) is 4.93. The number of aromatic nitrogens is 2. The zero-order valence-corrected chi connectivity index (χ0v) is 11.5. The lowest BCUT2D eigenvalue weighted by molar-refractivity contribution is -0.140. The lowest BCUT2D eigenvalue weighted by Crippen LogP contribution is -2.17. The fourth-order valence-corrected chi connectivity index (χ4v) is 2.32. The Labute approximate surface area is 115 Å². The van der Waals surface area contributed by atoms with E-state index in [0.717, 1.165) is 5.56 Å². The first kappa shape index (κ1) is 13.6. The molecule has 0 saturated carbocycles. The molecular weight excluding hydrogens is 264 g/mol. The highest BCUT2D eigenvalue weighted by atomic mass is 32.2. The summed E-state index contributed by atoms with van der Waals surface area (Å²) in [6.45, 7) is 1.91. The van der Waals surface area contributed by atoms with E-state index in [-0.39, 0.29) is 11.2 Å². The Morgan fingerprint density at radius 2 is 2.11 bits per heavy atom. The highest BCUT2D eigenvalue weighted by Gasteiger charge is 2.21. The van der Waals surface area contributed by atoms with Gasteiger partial charge < -0.3 is 9.15 Å². The molecule has 0 fully saturated rings. The molecule has 19 heavy (non-hydrogen) atoms. The van der Waals surface area contributed by atoms with Crippen LogP contribution in [0.1, 0.15) is 13.3 Å². The van der Waals surface area contributed by atoms with Crippen molar-refractivity contribution < 1.29 is 13.9 Å². The van der Waals surface area contributed by atoms with E-state index in [2.05, 4.69) is 10.2 Å². The molecule has 0 N–H and O–H groups in total. The van der Waals surface area contributed by atoms with Crippen molar-refractivity contribution in [2.45, 2.75) is 23.8 Å². The Balaban J connectivity index is 2.11. The Morgan fingerprint density at radius 1 is 1.37 bits per heavy atom. The van der Waals surface area contributed by atoms with Crippen molar-refractivity contribution in [1.82, 2.24) is 10.2 Å². The summed E-state index contributed by atoms with van der Waals surface area (Å²) < 4.78 is 10.2. The predicted octanol–water partition coefficient (Wildman–Crippen LogP) is 2.78. The molecule has 0 bridgehead atoms. The largest absolute Gasteiger partial charge is 0.468 e. The van der Waals surface area contributed by atoms with Gasteiger partial charge in [0.15, 0.2) is 0 Å². The Kier molecular flexibility index (Phi) is 4.57. The highest BCUT2D eigenvalue weighted by molar-refractivity contribution is 8.00. The molecule has 1 aromatic heterocycles. The number of hydrogen-bond acceptors (Lipinski definition) is 6. The first-order chi connectivity index (χ1) is 9.24. The Hall–Kier alpha value is -1.82. The third-order valence-corrected chi connectivity index (χ3v) is 3.68. The lowest BCUT2D eigenvalue weighted by Gasteiger charge is -2.08. The summed E-state index contributed by atoms with van der Waals surface area (Å²) in [6, 6.07) is 9.49. The monoisotopic (exact) mass is 278 g/mol. The number of carbonyl (C=O) groups excluding carboxylic acids is 1. The third kappa shape index (κ3) is 3.35. The second kappa shape index (κ2) is 6.38. The molecule has 1 unspecified atom stereocenters. The summed E-state index contributed by atoms with van der Waals surface area (Å²) in [4.78, 5) is 11.5. The van der Waals surface area contributed by atoms with E-state index < -0.39 is 0 Å². The smallest absolute Gasteiger partial charge is 0.319 e. The van der Waals surface area contributed by atoms with Crippen LogP contribution >= 0.6 is 11.8 Å². The Morgan fingerprint density at radius 3 is 2.74 bits per heavy atom. The number of rotatable bonds is 5. The molecule has 6 heteroatoms. The molecule has 0 aliphatic carbocycles. The number of esters is 1. The van der Waals surface area contributed by atoms with Crippen molar-refractivity contribution in [2.75, 3.05) is 7.11 Å². The van der Waals surface area contributed by atoms with Gasteiger partial charge in [-0.1, -0.05) is 36.9 Å². The molecule has 0 amide bonds. The van der Waals surface area contributed by atoms with Gasteiger partial charge in [-0.05, 0) is 18.6 Å². The van der Waals surface area contributed by atoms with Crippen molar-refractivity contribution in [3.05, 3.63) is 30.3 Å². The van der Waals surface area contributed by atoms with Crippen LogP contribution in [0.15, 0.2) is 40.0 Å². The summed E-state index contributed by atoms with van der Waals surface area (Å²) in [7, 11) is 1.37. The average Bonchev–Trinajstić information content (AvgIpc) is 2.93. The fraction of sp³-hybridized carbons (Fsp3) is 0.308. The molecular formula is C13H14N2O3S. The van der Waals surface area contributed by atoms with Gasteiger partial charge in [0.2, 0.25) is 5.89 Å². The van der Waals surface area contributed by atoms with Crippen molar-refractivity contribution in [3.63, 3.8) is 0 Å². The molecule has 0 aliphatic rings. The van der Waals surface area contributed by atoms with E-state index >= 15 is 0 Å². The van der Waals surface area contributed by atoms with E-state index in [0.29, 0.717) is 17.5 Å². The van der Waals surface area contributed by atoms with E-state index in [4.69, 9.17) is 9.15 Å². The molecule has 1 atom stereocenters. The summed E-state index contributed by atoms with van der Waals surface area (Å²) in [5.74, 6) is 0.162. The van der Waals surface area contributed by atoms with Crippen LogP contribution in [-0.4, -0.2) is 28.5 Å². The molecule has 5 nitrogen and oxygen atoms in total. The van der Waals surface area contributed by atoms with Gasteiger partial charge in [0.1, 0.15) is 5.25 Å². The molecule has 0 aliphatic heterocycles. The van der Waals surface area contributed by atoms with Gasteiger partial charge in [-0.15, -0.1) is 10.2 Å². The minimum absolute atomic E-state index is 0.285. The number of hydrogen-bond donors (Lipinski definition) is 0. The summed E-state index contributed by atoms with van der Waals surface area (Å²) in [5.41, 5.74) is 0.855. The van der Waals surface area contributed by atoms with Crippen molar-refractivity contribution in [2.24, 2.45) is 0 Å². The molecule has 1 aromatic carbocycles. The predicted molar refractivity (Wildman–Crippen MR) is 71.7 cm³/mol. The van der Waals surface area contributed by atoms with Crippen LogP contribution in [0.4, 0.5) is 0 Å². The van der Waals surface area contributed by atoms with Crippen LogP contribution in [0.5, 0.6) is 0 Å². The quantitative estimate of drug-likeness (QED) is 0.619. The summed E-state index contributed by atoms with van der Waals surface area (Å²) in [5, 5.41) is 7.95. The van der Waals surface area contributed by atoms with Gasteiger partial charge in [0.05, 0.1) is 7.11 Å². The van der Waals surface area contributed by atoms with Crippen molar-refractivity contribution >= 4 is 17.7 Å². The van der Waals surface area contributed by atoms with Gasteiger partial charge in [0, 0.05) is 5.56 Å². The maximum atomic E-state index is 11.5. The first-order valence-electron chi connectivity index (χ1n) is 5.88. The fourth-order valence-electron chi connectivity index (χ4n) is 1.51. The number of methoxy groups -OCH3 is 1. The van der Waals surface area contributed by atoms with Crippen LogP contribution in [0, 0.1) is 0 Å². The van der Waals surface area contributed by atoms with Crippen LogP contribution in [0.2, 0.25) is 0 Å². The molecule has 100 valence electrons. The third-order valence-electron chi connectivity index (χ3n) is 2.51. The maximum absolute atomic E-state index is 11.5. The highest BCUT2D eigenvalue weighted by Crippen LogP contribution is 2.27. The lowest BCUT2D eigenvalue weighted by atomic mass is 10.2. The van der Waals surface area contributed by atoms with E-state index in [9.17, 15) is 4.79 Å². The van der Waals surface area contributed by atoms with Gasteiger partial charge >= 0.3 is 5.97 Å². The molecule has 2 aromatic rings. The Bertz CT molecular complexity index is 542. The van der Waals surface area contributed by atoms with Crippen molar-refractivity contribution in [3.8, 4) is 11.5 Å². The topological polar surface area (TPSA) is 65.2 Å². The zero-order valence-electron chi connectivity index (χ0n) is 10.7. The molecule has 0 spiro atoms. The minimum atomic E-state index is -0.325. The van der Waals surface area contributed by atoms with Crippen LogP contribution in [0.25, 0.3) is 11.5 Å². The maximum Gasteiger partial charge on any atom is 0.319 e. The second-order valence-electron chi connectivity index (χ2n) is 3.78. The van der Waals surface area contributed by atoms with Crippen LogP contribution < -0.4 is 0 Å². The van der Waals surface area contributed by atoms with Gasteiger partial charge in [-0.25, -0.2) is 0 Å². The number of thioether (sulfide) groups is 1. The normalized spacial score (nSPS) is 12.1. The van der Waals surface area contributed by atoms with Gasteiger partial charge in [-0.2, -0.15) is 0 Å². The number of ether oxygens (including phenoxy) is 1. The number of nitrogens with zero attached hydrogens (tertiary/aromatic N) is 2. The standard InChI is InChI=1S/C13H14N2O3S/c1-3-10(12(16)17-2)19-13-15-14-11(18-13)9-7-5-4-6-8-9/h4-8,10H,3H2,1-2H3. The molecule has 2 rings (SSSR count). The molecule has 0 saturated heterocycles. The summed E-state index contributed by atoms with van der Waals surface area (Å²) >= 11 is 1.22. The van der Waals surface area contributed by atoms with Crippen LogP contribution in [0.3, 0.4) is 0 Å².